The highest BCUT2D eigenvalue weighted by molar-refractivity contribution is 5.89. The minimum atomic E-state index is -0.324. The molecule has 4 heteroatoms. The molecule has 0 bridgehead atoms. The van der Waals surface area contributed by atoms with Gasteiger partial charge in [0.1, 0.15) is 6.10 Å². The summed E-state index contributed by atoms with van der Waals surface area (Å²) in [6.07, 6.45) is 0.101. The van der Waals surface area contributed by atoms with Crippen LogP contribution in [0.2, 0.25) is 0 Å². The van der Waals surface area contributed by atoms with Crippen molar-refractivity contribution in [3.8, 4) is 0 Å². The molecule has 0 saturated carbocycles. The van der Waals surface area contributed by atoms with Gasteiger partial charge in [0.05, 0.1) is 24.4 Å². The van der Waals surface area contributed by atoms with Crippen molar-refractivity contribution in [2.45, 2.75) is 45.5 Å². The first kappa shape index (κ1) is 15.7. The molecule has 1 rings (SSSR count). The van der Waals surface area contributed by atoms with Gasteiger partial charge in [-0.3, -0.25) is 0 Å². The van der Waals surface area contributed by atoms with Crippen LogP contribution >= 0.6 is 0 Å². The van der Waals surface area contributed by atoms with Gasteiger partial charge in [0.2, 0.25) is 0 Å². The van der Waals surface area contributed by atoms with Crippen LogP contribution in [0.1, 0.15) is 37.6 Å². The van der Waals surface area contributed by atoms with E-state index in [4.69, 9.17) is 14.6 Å². The highest BCUT2D eigenvalue weighted by Crippen LogP contribution is 2.11. The Morgan fingerprint density at radius 2 is 1.74 bits per heavy atom. The van der Waals surface area contributed by atoms with Gasteiger partial charge in [0, 0.05) is 6.42 Å². The molecule has 0 aliphatic heterocycles. The van der Waals surface area contributed by atoms with E-state index in [1.807, 2.05) is 19.9 Å². The van der Waals surface area contributed by atoms with Gasteiger partial charge >= 0.3 is 5.97 Å². The van der Waals surface area contributed by atoms with E-state index < -0.39 is 0 Å². The Kier molecular flexibility index (Phi) is 6.53. The van der Waals surface area contributed by atoms with Gasteiger partial charge < -0.3 is 14.6 Å². The Morgan fingerprint density at radius 1 is 1.11 bits per heavy atom. The Hall–Kier alpha value is -1.39. The van der Waals surface area contributed by atoms with Crippen LogP contribution in [0.4, 0.5) is 0 Å². The average Bonchev–Trinajstić information content (AvgIpc) is 2.39. The number of carbonyl (C=O) groups is 1. The number of rotatable bonds is 7. The van der Waals surface area contributed by atoms with Crippen LogP contribution < -0.4 is 0 Å². The molecule has 0 aromatic heterocycles. The molecule has 3 atom stereocenters. The molecular weight excluding hydrogens is 244 g/mol. The number of esters is 1. The van der Waals surface area contributed by atoms with Gasteiger partial charge in [0.15, 0.2) is 0 Å². The van der Waals surface area contributed by atoms with Crippen LogP contribution in [0.3, 0.4) is 0 Å². The van der Waals surface area contributed by atoms with E-state index in [1.165, 1.54) is 0 Å². The van der Waals surface area contributed by atoms with E-state index >= 15 is 0 Å². The Balaban J connectivity index is 2.39. The fourth-order valence-electron chi connectivity index (χ4n) is 1.84. The van der Waals surface area contributed by atoms with E-state index in [9.17, 15) is 4.79 Å². The van der Waals surface area contributed by atoms with E-state index in [-0.39, 0.29) is 30.9 Å². The van der Waals surface area contributed by atoms with Crippen LogP contribution in [0, 0.1) is 0 Å². The molecule has 19 heavy (non-hydrogen) atoms. The van der Waals surface area contributed by atoms with E-state index in [0.29, 0.717) is 12.0 Å². The zero-order valence-corrected chi connectivity index (χ0v) is 11.7. The first-order chi connectivity index (χ1) is 9.02. The molecular formula is C15H22O4. The number of aliphatic hydroxyl groups excluding tert-OH is 1. The zero-order valence-electron chi connectivity index (χ0n) is 11.7. The summed E-state index contributed by atoms with van der Waals surface area (Å²) < 4.78 is 10.9. The number of aliphatic hydroxyl groups is 1. The maximum atomic E-state index is 11.8. The molecule has 3 unspecified atom stereocenters. The van der Waals surface area contributed by atoms with Crippen molar-refractivity contribution in [2.24, 2.45) is 0 Å². The van der Waals surface area contributed by atoms with Crippen molar-refractivity contribution in [2.75, 3.05) is 6.61 Å². The summed E-state index contributed by atoms with van der Waals surface area (Å²) in [5.41, 5.74) is 0.548. The molecule has 1 aromatic carbocycles. The number of benzene rings is 1. The minimum Gasteiger partial charge on any atom is -0.459 e. The predicted molar refractivity (Wildman–Crippen MR) is 73.0 cm³/mol. The standard InChI is InChI=1S/C15H22O4/c1-11(18-13(3)10-16)9-12(2)19-15(17)14-7-5-4-6-8-14/h4-8,11-13,16H,9-10H2,1-3H3. The molecule has 0 aliphatic rings. The SMILES string of the molecule is CC(CC(C)OC(C)CO)OC(=O)c1ccccc1. The molecule has 4 nitrogen and oxygen atoms in total. The maximum absolute atomic E-state index is 11.8. The van der Waals surface area contributed by atoms with Crippen LogP contribution in [0.5, 0.6) is 0 Å². The van der Waals surface area contributed by atoms with Crippen molar-refractivity contribution < 1.29 is 19.4 Å². The lowest BCUT2D eigenvalue weighted by Gasteiger charge is -2.21. The Bertz CT molecular complexity index is 377. The lowest BCUT2D eigenvalue weighted by Crippen LogP contribution is -2.25. The van der Waals surface area contributed by atoms with Gasteiger partial charge in [-0.05, 0) is 32.9 Å². The highest BCUT2D eigenvalue weighted by Gasteiger charge is 2.16. The first-order valence-electron chi connectivity index (χ1n) is 6.55. The summed E-state index contributed by atoms with van der Waals surface area (Å²) in [4.78, 5) is 11.8. The summed E-state index contributed by atoms with van der Waals surface area (Å²) in [6.45, 7) is 5.53. The molecule has 0 saturated heterocycles. The first-order valence-corrected chi connectivity index (χ1v) is 6.55. The molecule has 106 valence electrons. The minimum absolute atomic E-state index is 0.0114. The normalized spacial score (nSPS) is 15.6. The maximum Gasteiger partial charge on any atom is 0.338 e. The predicted octanol–water partition coefficient (Wildman–Crippen LogP) is 2.41. The summed E-state index contributed by atoms with van der Waals surface area (Å²) in [7, 11) is 0. The molecule has 0 radical (unpaired) electrons. The van der Waals surface area contributed by atoms with E-state index in [1.54, 1.807) is 31.2 Å². The molecule has 0 aliphatic carbocycles. The topological polar surface area (TPSA) is 55.8 Å². The molecule has 0 spiro atoms. The summed E-state index contributed by atoms with van der Waals surface area (Å²) >= 11 is 0. The van der Waals surface area contributed by atoms with Crippen LogP contribution in [0.25, 0.3) is 0 Å². The van der Waals surface area contributed by atoms with Crippen LogP contribution in [-0.2, 0) is 9.47 Å². The summed E-state index contributed by atoms with van der Waals surface area (Å²) in [6, 6.07) is 8.91. The second kappa shape index (κ2) is 7.92. The zero-order chi connectivity index (χ0) is 14.3. The number of ether oxygens (including phenoxy) is 2. The largest absolute Gasteiger partial charge is 0.459 e. The number of hydrogen-bond acceptors (Lipinski definition) is 4. The van der Waals surface area contributed by atoms with Crippen molar-refractivity contribution >= 4 is 5.97 Å². The molecule has 1 N–H and O–H groups in total. The van der Waals surface area contributed by atoms with Crippen molar-refractivity contribution in [1.29, 1.82) is 0 Å². The summed E-state index contributed by atoms with van der Waals surface area (Å²) in [5.74, 6) is -0.324. The second-order valence-corrected chi connectivity index (χ2v) is 4.76. The monoisotopic (exact) mass is 266 g/mol. The number of hydrogen-bond donors (Lipinski definition) is 1. The van der Waals surface area contributed by atoms with Gasteiger partial charge in [-0.2, -0.15) is 0 Å². The van der Waals surface area contributed by atoms with E-state index in [2.05, 4.69) is 0 Å². The Labute approximate surface area is 114 Å². The fraction of sp³-hybridized carbons (Fsp3) is 0.533. The molecule has 0 heterocycles. The van der Waals surface area contributed by atoms with Crippen LogP contribution in [-0.4, -0.2) is 36.0 Å². The van der Waals surface area contributed by atoms with Crippen molar-refractivity contribution in [1.82, 2.24) is 0 Å². The molecule has 0 amide bonds. The van der Waals surface area contributed by atoms with Gasteiger partial charge in [0.25, 0.3) is 0 Å². The smallest absolute Gasteiger partial charge is 0.338 e. The lowest BCUT2D eigenvalue weighted by atomic mass is 10.2. The van der Waals surface area contributed by atoms with E-state index in [0.717, 1.165) is 0 Å². The molecule has 1 aromatic rings. The van der Waals surface area contributed by atoms with Gasteiger partial charge in [-0.15, -0.1) is 0 Å². The fourth-order valence-corrected chi connectivity index (χ4v) is 1.84. The number of carbonyl (C=O) groups excluding carboxylic acids is 1. The second-order valence-electron chi connectivity index (χ2n) is 4.76. The third-order valence-corrected chi connectivity index (χ3v) is 2.70. The van der Waals surface area contributed by atoms with Crippen molar-refractivity contribution in [3.05, 3.63) is 35.9 Å². The Morgan fingerprint density at radius 3 is 2.32 bits per heavy atom. The van der Waals surface area contributed by atoms with Crippen LogP contribution in [0.15, 0.2) is 30.3 Å². The average molecular weight is 266 g/mol. The van der Waals surface area contributed by atoms with Gasteiger partial charge in [-0.1, -0.05) is 18.2 Å². The van der Waals surface area contributed by atoms with Gasteiger partial charge in [-0.25, -0.2) is 4.79 Å². The third kappa shape index (κ3) is 5.85. The lowest BCUT2D eigenvalue weighted by molar-refractivity contribution is -0.0425. The quantitative estimate of drug-likeness (QED) is 0.770. The highest BCUT2D eigenvalue weighted by atomic mass is 16.5. The van der Waals surface area contributed by atoms with Crippen molar-refractivity contribution in [3.63, 3.8) is 0 Å². The third-order valence-electron chi connectivity index (χ3n) is 2.70. The summed E-state index contributed by atoms with van der Waals surface area (Å²) in [5, 5.41) is 8.90. The molecule has 0 fully saturated rings.